The van der Waals surface area contributed by atoms with Crippen LogP contribution in [0, 0.1) is 35.5 Å². The van der Waals surface area contributed by atoms with Gasteiger partial charge in [0.25, 0.3) is 0 Å². The first-order chi connectivity index (χ1) is 65.1. The van der Waals surface area contributed by atoms with Gasteiger partial charge in [-0.2, -0.15) is 0 Å². The van der Waals surface area contributed by atoms with Crippen LogP contribution in [-0.2, 0) is 88.9 Å². The number of carbonyl (C=O) groups is 4. The number of carbonyl (C=O) groups excluding carboxylic acids is 3. The molecule has 4 aromatic rings. The van der Waals surface area contributed by atoms with Crippen LogP contribution in [0.25, 0.3) is 21.8 Å². The summed E-state index contributed by atoms with van der Waals surface area (Å²) in [5.41, 5.74) is 0.727. The lowest BCUT2D eigenvalue weighted by molar-refractivity contribution is -0.318. The van der Waals surface area contributed by atoms with Gasteiger partial charge < -0.3 is 134 Å². The lowest BCUT2D eigenvalue weighted by Crippen LogP contribution is -2.60. The molecule has 6 aliphatic rings. The van der Waals surface area contributed by atoms with Gasteiger partial charge in [-0.15, -0.1) is 0 Å². The summed E-state index contributed by atoms with van der Waals surface area (Å²) in [6.45, 7) is 37.7. The number of para-hydroxylation sites is 2. The zero-order chi connectivity index (χ0) is 104. The highest BCUT2D eigenvalue weighted by Crippen LogP contribution is 2.45. The van der Waals surface area contributed by atoms with Crippen LogP contribution in [0.1, 0.15) is 227 Å². The zero-order valence-corrected chi connectivity index (χ0v) is 87.6. The number of nitrogens with two attached hydrogens (primary N) is 1. The lowest BCUT2D eigenvalue weighted by atomic mass is 9.77. The number of carboxylic acids is 1. The maximum absolute atomic E-state index is 14.6. The molecule has 2 aromatic heterocycles. The molecule has 8 heterocycles. The zero-order valence-electron chi connectivity index (χ0n) is 87.6. The Balaban J connectivity index is 0.000000300. The van der Waals surface area contributed by atoms with Gasteiger partial charge in [0.05, 0.1) is 94.1 Å². The fourth-order valence-electron chi connectivity index (χ4n) is 21.9. The number of pyridine rings is 2. The Hall–Kier alpha value is -5.86. The number of carboxylic acid groups (broad SMARTS) is 1. The lowest BCUT2D eigenvalue weighted by Gasteiger charge is -2.48. The summed E-state index contributed by atoms with van der Waals surface area (Å²) in [6.07, 6.45) is -11.2. The molecule has 0 saturated carbocycles. The largest absolute Gasteiger partial charge is 0.481 e. The normalized spacial score (nSPS) is 39.9. The van der Waals surface area contributed by atoms with Crippen molar-refractivity contribution in [1.82, 2.24) is 34.9 Å². The Kier molecular flexibility index (Phi) is 44.2. The molecule has 0 spiro atoms. The van der Waals surface area contributed by atoms with Crippen molar-refractivity contribution >= 4 is 45.6 Å². The maximum Gasteiger partial charge on any atom is 0.311 e. The average Bonchev–Trinajstić information content (AvgIpc) is 1.76. The van der Waals surface area contributed by atoms with Crippen LogP contribution < -0.4 is 11.1 Å². The van der Waals surface area contributed by atoms with Crippen LogP contribution in [0.3, 0.4) is 0 Å². The van der Waals surface area contributed by atoms with Gasteiger partial charge in [-0.25, -0.2) is 0 Å². The van der Waals surface area contributed by atoms with Gasteiger partial charge in [-0.3, -0.25) is 38.9 Å². The highest BCUT2D eigenvalue weighted by Gasteiger charge is 2.57. The summed E-state index contributed by atoms with van der Waals surface area (Å²) in [6, 6.07) is 17.6. The predicted octanol–water partition coefficient (Wildman–Crippen LogP) is 7.83. The van der Waals surface area contributed by atoms with Crippen molar-refractivity contribution in [1.29, 1.82) is 0 Å². The summed E-state index contributed by atoms with van der Waals surface area (Å²) in [4.78, 5) is 69.1. The Bertz CT molecular complexity index is 4430. The molecule has 35 heteroatoms. The third-order valence-electron chi connectivity index (χ3n) is 30.4. The van der Waals surface area contributed by atoms with E-state index >= 15 is 0 Å². The van der Waals surface area contributed by atoms with E-state index in [4.69, 9.17) is 67.7 Å². The predicted molar refractivity (Wildman–Crippen MR) is 525 cm³/mol. The molecule has 139 heavy (non-hydrogen) atoms. The fourth-order valence-corrected chi connectivity index (χ4v) is 21.9. The van der Waals surface area contributed by atoms with E-state index in [-0.39, 0.29) is 87.0 Å². The van der Waals surface area contributed by atoms with E-state index in [0.29, 0.717) is 84.2 Å². The number of fused-ring (bicyclic) bond motifs is 2. The number of aliphatic hydroxyl groups is 10. The van der Waals surface area contributed by atoms with Gasteiger partial charge in [-0.1, -0.05) is 77.9 Å². The fraction of sp³-hybridized carbons (Fsp3) is 0.788. The molecule has 36 atom stereocenters. The van der Waals surface area contributed by atoms with Crippen LogP contribution in [0.15, 0.2) is 73.1 Å². The van der Waals surface area contributed by atoms with E-state index < -0.39 is 198 Å². The number of esters is 2. The molecule has 6 aliphatic heterocycles. The Labute approximate surface area is 824 Å². The number of aliphatic carboxylic acids is 1. The van der Waals surface area contributed by atoms with Crippen molar-refractivity contribution in [3.05, 3.63) is 84.2 Å². The summed E-state index contributed by atoms with van der Waals surface area (Å²) in [7, 11) is 10.5. The van der Waals surface area contributed by atoms with Crippen molar-refractivity contribution in [2.45, 2.75) is 409 Å². The van der Waals surface area contributed by atoms with Crippen LogP contribution in [0.2, 0.25) is 0 Å². The van der Waals surface area contributed by atoms with Crippen molar-refractivity contribution in [2.75, 3.05) is 81.7 Å². The Morgan fingerprint density at radius 3 is 1.25 bits per heavy atom. The molecule has 6 fully saturated rings. The molecular weight excluding hydrogens is 1790 g/mol. The number of ether oxygens (including phenoxy) is 12. The van der Waals surface area contributed by atoms with Gasteiger partial charge in [0.1, 0.15) is 60.0 Å². The smallest absolute Gasteiger partial charge is 0.311 e. The number of hydrogen-bond donors (Lipinski definition) is 13. The first-order valence-electron chi connectivity index (χ1n) is 50.4. The highest BCUT2D eigenvalue weighted by molar-refractivity contribution is 5.84. The summed E-state index contributed by atoms with van der Waals surface area (Å²) >= 11 is 0. The first-order valence-corrected chi connectivity index (χ1v) is 50.4. The molecule has 14 N–H and O–H groups in total. The first kappa shape index (κ1) is 118. The van der Waals surface area contributed by atoms with Gasteiger partial charge in [-0.05, 0) is 250 Å². The number of aromatic nitrogens is 2. The summed E-state index contributed by atoms with van der Waals surface area (Å²) in [5.74, 6) is -6.38. The van der Waals surface area contributed by atoms with Gasteiger partial charge in [0.2, 0.25) is 5.91 Å². The quantitative estimate of drug-likeness (QED) is 0.0200. The topological polar surface area (TPSA) is 478 Å². The number of benzene rings is 2. The van der Waals surface area contributed by atoms with E-state index in [0.717, 1.165) is 32.9 Å². The molecule has 0 radical (unpaired) electrons. The average molecular weight is 1970 g/mol. The van der Waals surface area contributed by atoms with Crippen molar-refractivity contribution < 1.29 is 132 Å². The van der Waals surface area contributed by atoms with Crippen molar-refractivity contribution in [3.63, 3.8) is 0 Å². The number of aryl methyl sites for hydroxylation is 2. The third-order valence-corrected chi connectivity index (χ3v) is 30.4. The minimum Gasteiger partial charge on any atom is -0.481 e. The maximum atomic E-state index is 14.6. The molecule has 6 saturated heterocycles. The Morgan fingerprint density at radius 2 is 0.892 bits per heavy atom. The van der Waals surface area contributed by atoms with Gasteiger partial charge in [0.15, 0.2) is 25.2 Å². The number of rotatable bonds is 27. The Morgan fingerprint density at radius 1 is 0.518 bits per heavy atom. The van der Waals surface area contributed by atoms with E-state index in [1.54, 1.807) is 81.6 Å². The van der Waals surface area contributed by atoms with Gasteiger partial charge >= 0.3 is 17.9 Å². The number of nitrogens with zero attached hydrogens (tertiary/aromatic N) is 6. The van der Waals surface area contributed by atoms with E-state index in [1.807, 2.05) is 159 Å². The number of amides is 1. The monoisotopic (exact) mass is 1970 g/mol. The third kappa shape index (κ3) is 30.4. The van der Waals surface area contributed by atoms with Crippen LogP contribution in [0.5, 0.6) is 0 Å². The van der Waals surface area contributed by atoms with Crippen molar-refractivity contribution in [3.8, 4) is 0 Å². The molecule has 0 unspecified atom stereocenters. The molecule has 35 nitrogen and oxygen atoms in total. The number of methoxy groups -OCH3 is 2. The van der Waals surface area contributed by atoms with E-state index in [1.165, 1.54) is 28.1 Å². The molecule has 2 aromatic carbocycles. The van der Waals surface area contributed by atoms with Crippen LogP contribution in [-0.4, -0.2) is 372 Å². The number of hydrogen-bond acceptors (Lipinski definition) is 33. The molecule has 792 valence electrons. The second-order valence-electron chi connectivity index (χ2n) is 42.7. The second-order valence-corrected chi connectivity index (χ2v) is 42.7. The van der Waals surface area contributed by atoms with Crippen molar-refractivity contribution in [2.24, 2.45) is 41.2 Å². The summed E-state index contributed by atoms with van der Waals surface area (Å²) < 4.78 is 75.9. The number of aliphatic hydroxyl groups excluding tert-OH is 6. The summed E-state index contributed by atoms with van der Waals surface area (Å²) in [5, 5.41) is 133. The molecule has 1 amide bonds. The number of likely N-dealkylation sites (N-methyl/N-ethyl adjacent to an activating group) is 2. The van der Waals surface area contributed by atoms with E-state index in [2.05, 4.69) is 20.2 Å². The molecular formula is C104H174N8O27. The molecule has 10 rings (SSSR count). The number of cyclic esters (lactones) is 2. The van der Waals surface area contributed by atoms with Gasteiger partial charge in [0, 0.05) is 125 Å². The standard InChI is InChI=1S/C52H86N4O13.C40H77N3O12.C12H11NO2/c1-14-40-52(10,63)45(59)34(6)56(25-17-23-54-41(57)21-20-36-22-24-53-38-19-16-15-18-37(36)38)29-30(2)27-50(8,62)47(69-49-43(58)39(55(11)12)26-31(3)65-49)32(4)44(33(5)48(61)67-40)68-42-28-51(9,64-13)46(60)35(7)66-42;1-14-29-40(10,49)33(45)26(6)43(17-15-16-41)21-22(2)19-38(8,48)35(55-37-31(44)28(42(11)12)18-23(3)51-37)24(4)32(25(5)36(47)53-29)54-30-20-39(9,50-13)34(46)27(7)52-30;14-12(15)6-5-9-7-8-13-11-4-2-1-3-10(9)11/h15-16,18-19,22,24,30-35,39-40,42-47,49,58-60,62-63H,14,17,20-21,23,25-29H2,1-13H3,(H,54,57);22-35,37,44-46,48-49H,14-21,41H2,1-13H3;1-4,7-8H,5-6H2,(H,14,15)/t30-,31-,32+,33-,34-,35+,39+,40-,42+,43-,44+,45-,46+,47-,49+,50-,51-,52-;22-,23-,24+,25-,26-,27+,28+,29-,30+,31-,32+,33-,34+,35-,37+,38-,39-,40-;/m11./s1. The van der Waals surface area contributed by atoms with Crippen LogP contribution >= 0.6 is 0 Å². The molecule has 0 bridgehead atoms. The SMILES string of the molecule is CC[C@H]1OC(=O)[C@H](C)[C@@H](O[C@H]2C[C@@](C)(OC)[C@@H](O)[C@H](C)O2)[C@H](C)[C@@H](O[C@@H]2O[C@H](C)C[C@H](N(C)C)[C@H]2O)[C@](C)(O)C[C@@H](C)CN(CCCN)[C@H](C)[C@@H](O)[C@]1(C)O.CC[C@H]1OC(=O)[C@H](C)[C@@H](O[C@H]2C[C@@](C)(OC)[C@@H](O)[C@H](C)O2)[C@H](C)[C@@H](O[C@@H]2O[C@H](C)C[C@H](N(C)C)[C@H]2O)[C@](C)(O)C[C@@H](C)CN(CCCNC(=O)CCc2ccnc3ccccc23)[C@H](C)[C@@H](O)[C@]1(C)O.O=C(O)CCc1ccnc2ccccc12. The van der Waals surface area contributed by atoms with E-state index in [9.17, 15) is 70.2 Å². The number of nitrogens with one attached hydrogen (secondary N) is 1. The molecule has 0 aliphatic carbocycles. The van der Waals surface area contributed by atoms with Crippen LogP contribution in [0.4, 0.5) is 0 Å². The second kappa shape index (κ2) is 52.0. The highest BCUT2D eigenvalue weighted by atomic mass is 16.7. The minimum atomic E-state index is -1.91. The minimum absolute atomic E-state index is 0.0918.